The number of carbonyl (C=O) groups is 1. The lowest BCUT2D eigenvalue weighted by atomic mass is 10.1. The molecule has 2 atom stereocenters. The fourth-order valence-corrected chi connectivity index (χ4v) is 2.69. The Balaban J connectivity index is 1.74. The summed E-state index contributed by atoms with van der Waals surface area (Å²) in [6, 6.07) is 0. The monoisotopic (exact) mass is 314 g/mol. The number of aryl methyl sites for hydroxylation is 2. The maximum atomic E-state index is 11.9. The van der Waals surface area contributed by atoms with Gasteiger partial charge in [-0.1, -0.05) is 12.1 Å². The van der Waals surface area contributed by atoms with Crippen molar-refractivity contribution in [2.24, 2.45) is 11.8 Å². The summed E-state index contributed by atoms with van der Waals surface area (Å²) in [7, 11) is 0. The quantitative estimate of drug-likeness (QED) is 0.916. The molecule has 0 bridgehead atoms. The number of hydrogen-bond donors (Lipinski definition) is 1. The second kappa shape index (κ2) is 6.10. The second-order valence-electron chi connectivity index (χ2n) is 6.36. The van der Waals surface area contributed by atoms with Crippen LogP contribution in [0.15, 0.2) is 10.7 Å². The van der Waals surface area contributed by atoms with Crippen LogP contribution in [0.4, 0.5) is 0 Å². The van der Waals surface area contributed by atoms with Gasteiger partial charge in [0.25, 0.3) is 0 Å². The SMILES string of the molecule is Cc1ncc(-c2onc(C)c2C)c(CCNC(=O)[C@@H]2C[C@H]2C)n1. The normalized spacial score (nSPS) is 19.7. The fraction of sp³-hybridized carbons (Fsp3) is 0.529. The second-order valence-corrected chi connectivity index (χ2v) is 6.36. The van der Waals surface area contributed by atoms with Crippen LogP contribution in [0.3, 0.4) is 0 Å². The largest absolute Gasteiger partial charge is 0.356 e. The molecule has 0 saturated heterocycles. The number of rotatable bonds is 5. The van der Waals surface area contributed by atoms with E-state index >= 15 is 0 Å². The third kappa shape index (κ3) is 3.25. The molecular formula is C17H22N4O2. The van der Waals surface area contributed by atoms with Crippen molar-refractivity contribution >= 4 is 5.91 Å². The summed E-state index contributed by atoms with van der Waals surface area (Å²) in [5.41, 5.74) is 3.58. The predicted octanol–water partition coefficient (Wildman–Crippen LogP) is 2.37. The zero-order valence-electron chi connectivity index (χ0n) is 14.0. The van der Waals surface area contributed by atoms with E-state index in [2.05, 4.69) is 27.4 Å². The van der Waals surface area contributed by atoms with Gasteiger partial charge >= 0.3 is 0 Å². The Labute approximate surface area is 135 Å². The lowest BCUT2D eigenvalue weighted by molar-refractivity contribution is -0.122. The Kier molecular flexibility index (Phi) is 4.15. The fourth-order valence-electron chi connectivity index (χ4n) is 2.69. The third-order valence-corrected chi connectivity index (χ3v) is 4.50. The molecule has 2 aromatic heterocycles. The highest BCUT2D eigenvalue weighted by Gasteiger charge is 2.38. The summed E-state index contributed by atoms with van der Waals surface area (Å²) in [5, 5.41) is 7.00. The van der Waals surface area contributed by atoms with E-state index < -0.39 is 0 Å². The minimum absolute atomic E-state index is 0.150. The van der Waals surface area contributed by atoms with Crippen molar-refractivity contribution in [2.75, 3.05) is 6.54 Å². The van der Waals surface area contributed by atoms with Crippen molar-refractivity contribution in [1.82, 2.24) is 20.4 Å². The molecule has 1 N–H and O–H groups in total. The molecule has 1 saturated carbocycles. The smallest absolute Gasteiger partial charge is 0.223 e. The van der Waals surface area contributed by atoms with Crippen LogP contribution >= 0.6 is 0 Å². The minimum atomic E-state index is 0.150. The van der Waals surface area contributed by atoms with Crippen LogP contribution in [0.25, 0.3) is 11.3 Å². The number of carbonyl (C=O) groups excluding carboxylic acids is 1. The van der Waals surface area contributed by atoms with E-state index in [-0.39, 0.29) is 11.8 Å². The highest BCUT2D eigenvalue weighted by Crippen LogP contribution is 2.37. The van der Waals surface area contributed by atoms with Gasteiger partial charge in [-0.3, -0.25) is 4.79 Å². The van der Waals surface area contributed by atoms with Gasteiger partial charge in [0.2, 0.25) is 5.91 Å². The molecule has 122 valence electrons. The van der Waals surface area contributed by atoms with Crippen LogP contribution < -0.4 is 5.32 Å². The van der Waals surface area contributed by atoms with Crippen molar-refractivity contribution in [3.05, 3.63) is 29.0 Å². The van der Waals surface area contributed by atoms with Crippen LogP contribution in [0.5, 0.6) is 0 Å². The molecule has 1 aliphatic rings. The molecule has 0 aromatic carbocycles. The van der Waals surface area contributed by atoms with Gasteiger partial charge in [-0.15, -0.1) is 0 Å². The molecule has 23 heavy (non-hydrogen) atoms. The van der Waals surface area contributed by atoms with Crippen molar-refractivity contribution in [1.29, 1.82) is 0 Å². The summed E-state index contributed by atoms with van der Waals surface area (Å²) in [6.07, 6.45) is 3.42. The number of amides is 1. The molecule has 0 radical (unpaired) electrons. The lowest BCUT2D eigenvalue weighted by Gasteiger charge is -2.09. The average molecular weight is 314 g/mol. The molecule has 6 nitrogen and oxygen atoms in total. The maximum Gasteiger partial charge on any atom is 0.223 e. The van der Waals surface area contributed by atoms with Crippen LogP contribution in [-0.2, 0) is 11.2 Å². The molecular weight excluding hydrogens is 292 g/mol. The van der Waals surface area contributed by atoms with Gasteiger partial charge in [0, 0.05) is 30.6 Å². The first kappa shape index (κ1) is 15.6. The molecule has 0 aliphatic heterocycles. The van der Waals surface area contributed by atoms with Crippen molar-refractivity contribution in [2.45, 2.75) is 40.5 Å². The number of hydrogen-bond acceptors (Lipinski definition) is 5. The third-order valence-electron chi connectivity index (χ3n) is 4.50. The predicted molar refractivity (Wildman–Crippen MR) is 85.7 cm³/mol. The van der Waals surface area contributed by atoms with Gasteiger partial charge in [0.15, 0.2) is 5.76 Å². The highest BCUT2D eigenvalue weighted by atomic mass is 16.5. The van der Waals surface area contributed by atoms with Crippen LogP contribution in [0, 0.1) is 32.6 Å². The molecule has 6 heteroatoms. The van der Waals surface area contributed by atoms with Crippen LogP contribution in [-0.4, -0.2) is 27.6 Å². The first-order valence-corrected chi connectivity index (χ1v) is 8.01. The first-order chi connectivity index (χ1) is 11.0. The van der Waals surface area contributed by atoms with E-state index in [0.29, 0.717) is 30.5 Å². The van der Waals surface area contributed by atoms with Gasteiger partial charge in [-0.05, 0) is 33.1 Å². The molecule has 3 rings (SSSR count). The summed E-state index contributed by atoms with van der Waals surface area (Å²) in [5.74, 6) is 2.28. The minimum Gasteiger partial charge on any atom is -0.356 e. The van der Waals surface area contributed by atoms with E-state index in [1.807, 2.05) is 20.8 Å². The zero-order valence-corrected chi connectivity index (χ0v) is 14.0. The molecule has 1 fully saturated rings. The molecule has 2 aromatic rings. The van der Waals surface area contributed by atoms with Crippen LogP contribution in [0.2, 0.25) is 0 Å². The standard InChI is InChI=1S/C17H22N4O2/c1-9-7-13(9)17(22)18-6-5-15-14(8-19-12(4)20-15)16-10(2)11(3)21-23-16/h8-9,13H,5-7H2,1-4H3,(H,18,22)/t9-,13-/m1/s1. The summed E-state index contributed by atoms with van der Waals surface area (Å²) in [4.78, 5) is 20.7. The molecule has 1 amide bonds. The first-order valence-electron chi connectivity index (χ1n) is 8.01. The average Bonchev–Trinajstić information content (AvgIpc) is 3.16. The molecule has 0 unspecified atom stereocenters. The van der Waals surface area contributed by atoms with Gasteiger partial charge in [-0.25, -0.2) is 9.97 Å². The summed E-state index contributed by atoms with van der Waals surface area (Å²) >= 11 is 0. The molecule has 0 spiro atoms. The summed E-state index contributed by atoms with van der Waals surface area (Å²) < 4.78 is 5.43. The van der Waals surface area contributed by atoms with Crippen molar-refractivity contribution in [3.8, 4) is 11.3 Å². The number of aromatic nitrogens is 3. The van der Waals surface area contributed by atoms with Gasteiger partial charge < -0.3 is 9.84 Å². The van der Waals surface area contributed by atoms with E-state index in [1.54, 1.807) is 6.20 Å². The van der Waals surface area contributed by atoms with Gasteiger partial charge in [-0.2, -0.15) is 0 Å². The lowest BCUT2D eigenvalue weighted by Crippen LogP contribution is -2.28. The van der Waals surface area contributed by atoms with Crippen molar-refractivity contribution < 1.29 is 9.32 Å². The van der Waals surface area contributed by atoms with E-state index in [4.69, 9.17) is 4.52 Å². The van der Waals surface area contributed by atoms with E-state index in [9.17, 15) is 4.79 Å². The maximum absolute atomic E-state index is 11.9. The highest BCUT2D eigenvalue weighted by molar-refractivity contribution is 5.81. The Morgan fingerprint density at radius 2 is 2.13 bits per heavy atom. The van der Waals surface area contributed by atoms with Crippen molar-refractivity contribution in [3.63, 3.8) is 0 Å². The van der Waals surface area contributed by atoms with E-state index in [0.717, 1.165) is 28.9 Å². The molecule has 2 heterocycles. The Hall–Kier alpha value is -2.24. The number of nitrogens with one attached hydrogen (secondary N) is 1. The van der Waals surface area contributed by atoms with Crippen LogP contribution in [0.1, 0.15) is 36.1 Å². The topological polar surface area (TPSA) is 80.9 Å². The van der Waals surface area contributed by atoms with E-state index in [1.165, 1.54) is 0 Å². The molecule has 1 aliphatic carbocycles. The zero-order chi connectivity index (χ0) is 16.6. The number of nitrogens with zero attached hydrogens (tertiary/aromatic N) is 3. The van der Waals surface area contributed by atoms with Gasteiger partial charge in [0.05, 0.1) is 17.0 Å². The Morgan fingerprint density at radius 3 is 2.74 bits per heavy atom. The van der Waals surface area contributed by atoms with Gasteiger partial charge in [0.1, 0.15) is 5.82 Å². The Morgan fingerprint density at radius 1 is 1.39 bits per heavy atom. The summed E-state index contributed by atoms with van der Waals surface area (Å²) in [6.45, 7) is 8.41. The Bertz CT molecular complexity index is 738.